The molecule has 0 atom stereocenters. The Balaban J connectivity index is 1.82. The molecule has 4 aromatic rings. The first-order chi connectivity index (χ1) is 15.5. The lowest BCUT2D eigenvalue weighted by molar-refractivity contribution is -0.139. The summed E-state index contributed by atoms with van der Waals surface area (Å²) in [5, 5.41) is 14.6. The van der Waals surface area contributed by atoms with Crippen molar-refractivity contribution < 1.29 is 14.6 Å². The Hall–Kier alpha value is -3.57. The smallest absolute Gasteiger partial charge is 0.341 e. The summed E-state index contributed by atoms with van der Waals surface area (Å²) >= 11 is 6.10. The Kier molecular flexibility index (Phi) is 6.57. The Bertz CT molecular complexity index is 1220. The molecule has 0 aliphatic heterocycles. The van der Waals surface area contributed by atoms with Crippen LogP contribution in [0.15, 0.2) is 78.9 Å². The van der Waals surface area contributed by atoms with E-state index in [-0.39, 0.29) is 0 Å². The van der Waals surface area contributed by atoms with Gasteiger partial charge < -0.3 is 9.84 Å². The number of nitrogens with zero attached hydrogens (tertiary/aromatic N) is 2. The number of halogens is 1. The highest BCUT2D eigenvalue weighted by Crippen LogP contribution is 2.34. The maximum Gasteiger partial charge on any atom is 0.341 e. The summed E-state index contributed by atoms with van der Waals surface area (Å²) in [5.74, 6) is -0.524. The molecule has 0 spiro atoms. The molecule has 6 heteroatoms. The zero-order chi connectivity index (χ0) is 22.5. The first-order valence-corrected chi connectivity index (χ1v) is 10.8. The number of carboxylic acid groups (broad SMARTS) is 1. The van der Waals surface area contributed by atoms with Crippen LogP contribution >= 0.6 is 11.6 Å². The van der Waals surface area contributed by atoms with Gasteiger partial charge in [-0.15, -0.1) is 0 Å². The second-order valence-corrected chi connectivity index (χ2v) is 7.87. The van der Waals surface area contributed by atoms with Crippen molar-refractivity contribution in [3.05, 3.63) is 95.0 Å². The summed E-state index contributed by atoms with van der Waals surface area (Å²) in [6.07, 6.45) is 0.848. The van der Waals surface area contributed by atoms with Crippen LogP contribution in [-0.2, 0) is 17.8 Å². The minimum Gasteiger partial charge on any atom is -0.481 e. The fourth-order valence-electron chi connectivity index (χ4n) is 3.54. The highest BCUT2D eigenvalue weighted by atomic mass is 35.5. The Morgan fingerprint density at radius 3 is 2.44 bits per heavy atom. The van der Waals surface area contributed by atoms with Gasteiger partial charge in [0.1, 0.15) is 5.75 Å². The third kappa shape index (κ3) is 5.01. The monoisotopic (exact) mass is 446 g/mol. The third-order valence-corrected chi connectivity index (χ3v) is 5.43. The van der Waals surface area contributed by atoms with Crippen molar-refractivity contribution in [2.75, 3.05) is 6.61 Å². The largest absolute Gasteiger partial charge is 0.481 e. The molecule has 162 valence electrons. The zero-order valence-electron chi connectivity index (χ0n) is 17.7. The van der Waals surface area contributed by atoms with E-state index in [0.29, 0.717) is 17.3 Å². The van der Waals surface area contributed by atoms with E-state index in [4.69, 9.17) is 26.5 Å². The second-order valence-electron chi connectivity index (χ2n) is 7.43. The normalized spacial score (nSPS) is 10.8. The minimum atomic E-state index is -1.02. The highest BCUT2D eigenvalue weighted by Gasteiger charge is 2.17. The summed E-state index contributed by atoms with van der Waals surface area (Å²) in [7, 11) is 0. The fourth-order valence-corrected chi connectivity index (χ4v) is 3.67. The van der Waals surface area contributed by atoms with Gasteiger partial charge in [-0.2, -0.15) is 5.10 Å². The van der Waals surface area contributed by atoms with Gasteiger partial charge in [-0.3, -0.25) is 4.68 Å². The van der Waals surface area contributed by atoms with Crippen molar-refractivity contribution in [2.24, 2.45) is 0 Å². The second kappa shape index (κ2) is 9.71. The average Bonchev–Trinajstić information content (AvgIpc) is 3.22. The molecule has 1 heterocycles. The number of aryl methyl sites for hydroxylation is 1. The number of carbonyl (C=O) groups is 1. The van der Waals surface area contributed by atoms with Crippen molar-refractivity contribution in [3.63, 3.8) is 0 Å². The summed E-state index contributed by atoms with van der Waals surface area (Å²) in [5.41, 5.74) is 5.67. The molecule has 0 fully saturated rings. The van der Waals surface area contributed by atoms with E-state index in [0.717, 1.165) is 40.1 Å². The minimum absolute atomic E-state index is 0.409. The van der Waals surface area contributed by atoms with Gasteiger partial charge in [0.25, 0.3) is 0 Å². The van der Waals surface area contributed by atoms with Gasteiger partial charge in [-0.25, -0.2) is 4.79 Å². The van der Waals surface area contributed by atoms with Gasteiger partial charge in [0.05, 0.1) is 17.9 Å². The van der Waals surface area contributed by atoms with Gasteiger partial charge in [0.2, 0.25) is 0 Å². The molecular formula is C26H23ClN2O3. The Morgan fingerprint density at radius 1 is 1.00 bits per heavy atom. The van der Waals surface area contributed by atoms with Crippen LogP contribution in [-0.4, -0.2) is 27.5 Å². The third-order valence-electron chi connectivity index (χ3n) is 5.17. The van der Waals surface area contributed by atoms with E-state index >= 15 is 0 Å². The standard InChI is InChI=1S/C26H23ClN2O3/c1-2-18-8-13-25(32-17-26(30)31)22(14-18)23-15-24(20-9-11-21(27)12-10-20)29(28-23)16-19-6-4-3-5-7-19/h3-15H,2,16-17H2,1H3,(H,30,31). The molecule has 0 amide bonds. The topological polar surface area (TPSA) is 64.3 Å². The Labute approximate surface area is 191 Å². The molecule has 0 bridgehead atoms. The van der Waals surface area contributed by atoms with E-state index < -0.39 is 12.6 Å². The number of ether oxygens (including phenoxy) is 1. The van der Waals surface area contributed by atoms with Gasteiger partial charge in [-0.1, -0.05) is 67.1 Å². The maximum atomic E-state index is 11.1. The van der Waals surface area contributed by atoms with Crippen molar-refractivity contribution in [1.82, 2.24) is 9.78 Å². The van der Waals surface area contributed by atoms with Gasteiger partial charge in [0.15, 0.2) is 6.61 Å². The molecule has 1 aromatic heterocycles. The van der Waals surface area contributed by atoms with Crippen molar-refractivity contribution in [3.8, 4) is 28.3 Å². The summed E-state index contributed by atoms with van der Waals surface area (Å²) < 4.78 is 7.53. The molecular weight excluding hydrogens is 424 g/mol. The van der Waals surface area contributed by atoms with E-state index in [9.17, 15) is 4.79 Å². The summed E-state index contributed by atoms with van der Waals surface area (Å²) in [6, 6.07) is 25.5. The van der Waals surface area contributed by atoms with E-state index in [1.165, 1.54) is 0 Å². The molecule has 0 aliphatic carbocycles. The zero-order valence-corrected chi connectivity index (χ0v) is 18.4. The summed E-state index contributed by atoms with van der Waals surface area (Å²) in [4.78, 5) is 11.1. The predicted octanol–water partition coefficient (Wildman–Crippen LogP) is 5.94. The number of aromatic nitrogens is 2. The first kappa shape index (κ1) is 21.7. The molecule has 0 radical (unpaired) electrons. The number of rotatable bonds is 8. The van der Waals surface area contributed by atoms with Gasteiger partial charge >= 0.3 is 5.97 Å². The van der Waals surface area contributed by atoms with Crippen LogP contribution < -0.4 is 4.74 Å². The molecule has 1 N–H and O–H groups in total. The van der Waals surface area contributed by atoms with Crippen molar-refractivity contribution in [2.45, 2.75) is 19.9 Å². The molecule has 0 aliphatic rings. The molecule has 0 saturated carbocycles. The van der Waals surface area contributed by atoms with Gasteiger partial charge in [-0.05, 0) is 53.4 Å². The van der Waals surface area contributed by atoms with E-state index in [1.807, 2.05) is 71.4 Å². The fraction of sp³-hybridized carbons (Fsp3) is 0.154. The molecule has 0 unspecified atom stereocenters. The SMILES string of the molecule is CCc1ccc(OCC(=O)O)c(-c2cc(-c3ccc(Cl)cc3)n(Cc3ccccc3)n2)c1. The molecule has 32 heavy (non-hydrogen) atoms. The van der Waals surface area contributed by atoms with Gasteiger partial charge in [0, 0.05) is 10.6 Å². The molecule has 5 nitrogen and oxygen atoms in total. The van der Waals surface area contributed by atoms with Crippen LogP contribution in [0.4, 0.5) is 0 Å². The number of hydrogen-bond donors (Lipinski definition) is 1. The quantitative estimate of drug-likeness (QED) is 0.363. The maximum absolute atomic E-state index is 11.1. The number of hydrogen-bond acceptors (Lipinski definition) is 3. The molecule has 4 rings (SSSR count). The van der Waals surface area contributed by atoms with Crippen LogP contribution in [0.1, 0.15) is 18.1 Å². The number of carboxylic acids is 1. The molecule has 0 saturated heterocycles. The number of aliphatic carboxylic acids is 1. The number of benzene rings is 3. The van der Waals surface area contributed by atoms with E-state index in [2.05, 4.69) is 19.1 Å². The van der Waals surface area contributed by atoms with Crippen LogP contribution in [0.5, 0.6) is 5.75 Å². The lowest BCUT2D eigenvalue weighted by Gasteiger charge is -2.10. The van der Waals surface area contributed by atoms with Crippen molar-refractivity contribution >= 4 is 17.6 Å². The van der Waals surface area contributed by atoms with E-state index in [1.54, 1.807) is 0 Å². The van der Waals surface area contributed by atoms with Crippen LogP contribution in [0, 0.1) is 0 Å². The lowest BCUT2D eigenvalue weighted by Crippen LogP contribution is -2.10. The Morgan fingerprint density at radius 2 is 1.75 bits per heavy atom. The first-order valence-electron chi connectivity index (χ1n) is 10.4. The average molecular weight is 447 g/mol. The predicted molar refractivity (Wildman–Crippen MR) is 126 cm³/mol. The van der Waals surface area contributed by atoms with Crippen LogP contribution in [0.2, 0.25) is 5.02 Å². The van der Waals surface area contributed by atoms with Crippen LogP contribution in [0.3, 0.4) is 0 Å². The summed E-state index contributed by atoms with van der Waals surface area (Å²) in [6.45, 7) is 2.26. The highest BCUT2D eigenvalue weighted by molar-refractivity contribution is 6.30. The lowest BCUT2D eigenvalue weighted by atomic mass is 10.0. The van der Waals surface area contributed by atoms with Crippen molar-refractivity contribution in [1.29, 1.82) is 0 Å². The molecule has 3 aromatic carbocycles. The van der Waals surface area contributed by atoms with Crippen LogP contribution in [0.25, 0.3) is 22.5 Å².